The summed E-state index contributed by atoms with van der Waals surface area (Å²) in [6.07, 6.45) is 3.43. The third kappa shape index (κ3) is 3.05. The lowest BCUT2D eigenvalue weighted by Crippen LogP contribution is -2.42. The topological polar surface area (TPSA) is 56.8 Å². The zero-order valence-electron chi connectivity index (χ0n) is 15.7. The second-order valence-corrected chi connectivity index (χ2v) is 9.15. The molecule has 1 spiro atoms. The highest BCUT2D eigenvalue weighted by molar-refractivity contribution is 7.09. The largest absolute Gasteiger partial charge is 0.341 e. The highest BCUT2D eigenvalue weighted by atomic mass is 32.1. The van der Waals surface area contributed by atoms with E-state index < -0.39 is 0 Å². The Labute approximate surface area is 159 Å². The highest BCUT2D eigenvalue weighted by Gasteiger charge is 2.55. The third-order valence-corrected chi connectivity index (χ3v) is 7.24. The van der Waals surface area contributed by atoms with Gasteiger partial charge in [-0.3, -0.25) is 9.59 Å². The van der Waals surface area contributed by atoms with Gasteiger partial charge in [-0.15, -0.1) is 11.3 Å². The quantitative estimate of drug-likeness (QED) is 0.805. The zero-order valence-corrected chi connectivity index (χ0v) is 16.6. The van der Waals surface area contributed by atoms with Gasteiger partial charge >= 0.3 is 0 Å². The summed E-state index contributed by atoms with van der Waals surface area (Å²) >= 11 is 1.50. The van der Waals surface area contributed by atoms with Gasteiger partial charge in [0, 0.05) is 38.1 Å². The van der Waals surface area contributed by atoms with E-state index in [0.717, 1.165) is 31.1 Å². The first kappa shape index (κ1) is 17.9. The van der Waals surface area contributed by atoms with Crippen LogP contribution in [0.4, 0.5) is 0 Å². The number of thiazole rings is 1. The lowest BCUT2D eigenvalue weighted by atomic mass is 9.78. The first-order chi connectivity index (χ1) is 12.5. The average molecular weight is 377 g/mol. The van der Waals surface area contributed by atoms with E-state index >= 15 is 0 Å². The molecule has 3 aliphatic rings. The Morgan fingerprint density at radius 2 is 2.08 bits per heavy atom. The molecule has 0 saturated carbocycles. The number of rotatable bonds is 4. The number of carbonyl (C=O) groups is 2. The molecule has 0 unspecified atom stereocenters. The Morgan fingerprint density at radius 1 is 1.31 bits per heavy atom. The van der Waals surface area contributed by atoms with Gasteiger partial charge < -0.3 is 14.7 Å². The Hall–Kier alpha value is -1.47. The van der Waals surface area contributed by atoms with E-state index in [2.05, 4.69) is 16.8 Å². The van der Waals surface area contributed by atoms with Crippen LogP contribution in [-0.4, -0.2) is 77.3 Å². The van der Waals surface area contributed by atoms with E-state index in [1.807, 2.05) is 22.1 Å². The van der Waals surface area contributed by atoms with E-state index in [4.69, 9.17) is 0 Å². The van der Waals surface area contributed by atoms with Gasteiger partial charge in [-0.1, -0.05) is 6.92 Å². The summed E-state index contributed by atoms with van der Waals surface area (Å²) in [5, 5.41) is 2.73. The maximum absolute atomic E-state index is 13.2. The zero-order chi connectivity index (χ0) is 18.3. The summed E-state index contributed by atoms with van der Waals surface area (Å²) in [5.41, 5.74) is 0.138. The van der Waals surface area contributed by atoms with E-state index in [1.54, 1.807) is 0 Å². The fourth-order valence-corrected chi connectivity index (χ4v) is 5.37. The van der Waals surface area contributed by atoms with Gasteiger partial charge in [0.2, 0.25) is 5.91 Å². The van der Waals surface area contributed by atoms with E-state index in [1.165, 1.54) is 37.3 Å². The minimum atomic E-state index is -0.383. The lowest BCUT2D eigenvalue weighted by Gasteiger charge is -2.27. The molecule has 1 aromatic heterocycles. The van der Waals surface area contributed by atoms with Crippen LogP contribution < -0.4 is 0 Å². The molecule has 4 rings (SSSR count). The maximum Gasteiger partial charge on any atom is 0.273 e. The van der Waals surface area contributed by atoms with Crippen molar-refractivity contribution in [1.29, 1.82) is 0 Å². The van der Waals surface area contributed by atoms with Crippen LogP contribution in [0.3, 0.4) is 0 Å². The van der Waals surface area contributed by atoms with Crippen LogP contribution in [-0.2, 0) is 4.79 Å². The second-order valence-electron chi connectivity index (χ2n) is 8.09. The highest BCUT2D eigenvalue weighted by Crippen LogP contribution is 2.45. The molecule has 142 valence electrons. The third-order valence-electron chi connectivity index (χ3n) is 6.46. The minimum Gasteiger partial charge on any atom is -0.341 e. The molecule has 1 aromatic rings. The molecule has 3 aliphatic heterocycles. The number of aryl methyl sites for hydroxylation is 1. The molecule has 3 saturated heterocycles. The molecule has 0 aliphatic carbocycles. The SMILES string of the molecule is Cc1nc(C(=O)N2C[C@@H](C)[C@@]3(CCN(CCN4CCCC4)C3=O)C2)cs1. The van der Waals surface area contributed by atoms with E-state index in [9.17, 15) is 9.59 Å². The van der Waals surface area contributed by atoms with Crippen LogP contribution in [0.1, 0.15) is 41.7 Å². The number of hydrogen-bond donors (Lipinski definition) is 0. The molecule has 0 aromatic carbocycles. The van der Waals surface area contributed by atoms with Crippen molar-refractivity contribution in [2.75, 3.05) is 45.8 Å². The molecule has 6 nitrogen and oxygen atoms in total. The van der Waals surface area contributed by atoms with Crippen LogP contribution in [0.15, 0.2) is 5.38 Å². The number of aromatic nitrogens is 1. The lowest BCUT2D eigenvalue weighted by molar-refractivity contribution is -0.137. The molecule has 26 heavy (non-hydrogen) atoms. The summed E-state index contributed by atoms with van der Waals surface area (Å²) in [6, 6.07) is 0. The Morgan fingerprint density at radius 3 is 2.77 bits per heavy atom. The number of likely N-dealkylation sites (tertiary alicyclic amines) is 3. The van der Waals surface area contributed by atoms with E-state index in [-0.39, 0.29) is 23.1 Å². The summed E-state index contributed by atoms with van der Waals surface area (Å²) in [7, 11) is 0. The van der Waals surface area contributed by atoms with Gasteiger partial charge in [0.1, 0.15) is 5.69 Å². The molecule has 2 amide bonds. The van der Waals surface area contributed by atoms with Crippen molar-refractivity contribution in [3.8, 4) is 0 Å². The van der Waals surface area contributed by atoms with Gasteiger partial charge in [-0.25, -0.2) is 4.98 Å². The fourth-order valence-electron chi connectivity index (χ4n) is 4.79. The van der Waals surface area contributed by atoms with Crippen LogP contribution in [0.5, 0.6) is 0 Å². The Balaban J connectivity index is 1.41. The van der Waals surface area contributed by atoms with Gasteiger partial charge in [-0.05, 0) is 45.2 Å². The van der Waals surface area contributed by atoms with Gasteiger partial charge in [0.05, 0.1) is 10.4 Å². The summed E-state index contributed by atoms with van der Waals surface area (Å²) < 4.78 is 0. The molecular formula is C19H28N4O2S. The molecule has 2 atom stereocenters. The van der Waals surface area contributed by atoms with Crippen molar-refractivity contribution in [3.05, 3.63) is 16.1 Å². The summed E-state index contributed by atoms with van der Waals surface area (Å²) in [4.78, 5) is 36.7. The summed E-state index contributed by atoms with van der Waals surface area (Å²) in [6.45, 7) is 10.2. The number of nitrogens with zero attached hydrogens (tertiary/aromatic N) is 4. The van der Waals surface area contributed by atoms with Crippen molar-refractivity contribution in [2.45, 2.75) is 33.1 Å². The summed E-state index contributed by atoms with van der Waals surface area (Å²) in [5.74, 6) is 0.436. The monoisotopic (exact) mass is 376 g/mol. The first-order valence-electron chi connectivity index (χ1n) is 9.73. The van der Waals surface area contributed by atoms with Gasteiger partial charge in [-0.2, -0.15) is 0 Å². The average Bonchev–Trinajstić information content (AvgIpc) is 3.38. The molecule has 7 heteroatoms. The standard InChI is InChI=1S/C19H28N4O2S/c1-14-11-23(17(24)16-12-26-15(2)20-16)13-19(14)5-8-22(18(19)25)10-9-21-6-3-4-7-21/h12,14H,3-11,13H2,1-2H3/t14-,19-/m1/s1. The number of amides is 2. The molecule has 0 bridgehead atoms. The normalized spacial score (nSPS) is 29.5. The molecule has 4 heterocycles. The second kappa shape index (κ2) is 6.93. The predicted octanol–water partition coefficient (Wildman–Crippen LogP) is 1.86. The molecular weight excluding hydrogens is 348 g/mol. The molecule has 0 radical (unpaired) electrons. The van der Waals surface area contributed by atoms with Crippen molar-refractivity contribution >= 4 is 23.2 Å². The Kier molecular flexibility index (Phi) is 4.77. The number of carbonyl (C=O) groups excluding carboxylic acids is 2. The van der Waals surface area contributed by atoms with Crippen LogP contribution >= 0.6 is 11.3 Å². The van der Waals surface area contributed by atoms with E-state index in [0.29, 0.717) is 18.8 Å². The van der Waals surface area contributed by atoms with Crippen molar-refractivity contribution in [2.24, 2.45) is 11.3 Å². The van der Waals surface area contributed by atoms with Crippen molar-refractivity contribution in [1.82, 2.24) is 19.7 Å². The minimum absolute atomic E-state index is 0.0265. The van der Waals surface area contributed by atoms with Gasteiger partial charge in [0.15, 0.2) is 0 Å². The number of hydrogen-bond acceptors (Lipinski definition) is 5. The smallest absolute Gasteiger partial charge is 0.273 e. The van der Waals surface area contributed by atoms with Crippen LogP contribution in [0.25, 0.3) is 0 Å². The first-order valence-corrected chi connectivity index (χ1v) is 10.6. The van der Waals surface area contributed by atoms with Gasteiger partial charge in [0.25, 0.3) is 5.91 Å². The molecule has 0 N–H and O–H groups in total. The van der Waals surface area contributed by atoms with Crippen LogP contribution in [0.2, 0.25) is 0 Å². The van der Waals surface area contributed by atoms with Crippen molar-refractivity contribution in [3.63, 3.8) is 0 Å². The fraction of sp³-hybridized carbons (Fsp3) is 0.737. The Bertz CT molecular complexity index is 699. The molecule has 3 fully saturated rings. The van der Waals surface area contributed by atoms with Crippen LogP contribution in [0, 0.1) is 18.3 Å². The van der Waals surface area contributed by atoms with Crippen molar-refractivity contribution < 1.29 is 9.59 Å². The maximum atomic E-state index is 13.2. The predicted molar refractivity (Wildman–Crippen MR) is 101 cm³/mol.